The molecule has 4 rings (SSSR count). The summed E-state index contributed by atoms with van der Waals surface area (Å²) in [4.78, 5) is 14.2. The lowest BCUT2D eigenvalue weighted by Crippen LogP contribution is -2.55. The van der Waals surface area contributed by atoms with Crippen molar-refractivity contribution in [1.82, 2.24) is 5.32 Å². The minimum absolute atomic E-state index is 0.0742. The van der Waals surface area contributed by atoms with E-state index in [-0.39, 0.29) is 17.4 Å². The van der Waals surface area contributed by atoms with Crippen LogP contribution in [0, 0.1) is 0 Å². The fraction of sp³-hybridized carbons (Fsp3) is 0.381. The van der Waals surface area contributed by atoms with E-state index in [2.05, 4.69) is 42.6 Å². The van der Waals surface area contributed by atoms with Crippen molar-refractivity contribution in [2.24, 2.45) is 0 Å². The Morgan fingerprint density at radius 2 is 1.88 bits per heavy atom. The van der Waals surface area contributed by atoms with E-state index in [0.717, 1.165) is 25.0 Å². The maximum atomic E-state index is 11.8. The Kier molecular flexibility index (Phi) is 4.24. The maximum absolute atomic E-state index is 11.8. The van der Waals surface area contributed by atoms with Gasteiger partial charge in [0.25, 0.3) is 0 Å². The number of hydrogen-bond acceptors (Lipinski definition) is 3. The smallest absolute Gasteiger partial charge is 0.220 e. The van der Waals surface area contributed by atoms with Gasteiger partial charge in [-0.3, -0.25) is 4.79 Å². The summed E-state index contributed by atoms with van der Waals surface area (Å²) in [6.45, 7) is 2.31. The van der Waals surface area contributed by atoms with Crippen molar-refractivity contribution in [2.45, 2.75) is 53.9 Å². The first kappa shape index (κ1) is 16.5. The Balaban J connectivity index is 1.59. The highest BCUT2D eigenvalue weighted by molar-refractivity contribution is 7.99. The predicted molar refractivity (Wildman–Crippen MR) is 100 cm³/mol. The maximum Gasteiger partial charge on any atom is 0.220 e. The second kappa shape index (κ2) is 6.41. The fourth-order valence-electron chi connectivity index (χ4n) is 4.16. The molecule has 1 heterocycles. The van der Waals surface area contributed by atoms with Gasteiger partial charge in [-0.05, 0) is 66.8 Å². The third-order valence-corrected chi connectivity index (χ3v) is 6.66. The van der Waals surface area contributed by atoms with Gasteiger partial charge in [-0.25, -0.2) is 0 Å². The molecule has 1 aliphatic carbocycles. The van der Waals surface area contributed by atoms with Gasteiger partial charge in [0.1, 0.15) is 5.75 Å². The zero-order valence-electron chi connectivity index (χ0n) is 14.7. The highest BCUT2D eigenvalue weighted by Gasteiger charge is 2.43. The quantitative estimate of drug-likeness (QED) is 0.893. The van der Waals surface area contributed by atoms with E-state index >= 15 is 0 Å². The van der Waals surface area contributed by atoms with Gasteiger partial charge in [0.05, 0.1) is 7.11 Å². The van der Waals surface area contributed by atoms with E-state index in [0.29, 0.717) is 6.42 Å². The lowest BCUT2D eigenvalue weighted by atomic mass is 9.64. The SMILES string of the molecule is COc1ccc(Sc2ccc3c(c2)CC[C@H]2NC(=O)CC[C@]32C)cc1. The monoisotopic (exact) mass is 353 g/mol. The summed E-state index contributed by atoms with van der Waals surface area (Å²) < 4.78 is 5.22. The molecule has 0 radical (unpaired) electrons. The number of methoxy groups -OCH3 is 1. The number of ether oxygens (including phenoxy) is 1. The number of nitrogens with one attached hydrogen (secondary N) is 1. The molecule has 0 spiro atoms. The number of rotatable bonds is 3. The second-order valence-electron chi connectivity index (χ2n) is 7.17. The molecule has 1 N–H and O–H groups in total. The normalized spacial score (nSPS) is 24.9. The van der Waals surface area contributed by atoms with Crippen molar-refractivity contribution in [3.63, 3.8) is 0 Å². The van der Waals surface area contributed by atoms with Crippen LogP contribution in [0.25, 0.3) is 0 Å². The molecule has 1 amide bonds. The van der Waals surface area contributed by atoms with Gasteiger partial charge in [0.15, 0.2) is 0 Å². The summed E-state index contributed by atoms with van der Waals surface area (Å²) in [7, 11) is 1.69. The minimum Gasteiger partial charge on any atom is -0.497 e. The Morgan fingerprint density at radius 3 is 2.64 bits per heavy atom. The van der Waals surface area contributed by atoms with Crippen LogP contribution in [-0.4, -0.2) is 19.1 Å². The molecule has 0 saturated carbocycles. The molecule has 2 aliphatic rings. The number of fused-ring (bicyclic) bond motifs is 3. The molecule has 0 aromatic heterocycles. The Labute approximate surface area is 153 Å². The van der Waals surface area contributed by atoms with E-state index in [1.165, 1.54) is 20.9 Å². The Morgan fingerprint density at radius 1 is 1.12 bits per heavy atom. The van der Waals surface area contributed by atoms with Crippen LogP contribution in [-0.2, 0) is 16.6 Å². The number of aryl methyl sites for hydroxylation is 1. The van der Waals surface area contributed by atoms with Crippen LogP contribution in [0.4, 0.5) is 0 Å². The van der Waals surface area contributed by atoms with Gasteiger partial charge in [-0.2, -0.15) is 0 Å². The molecule has 1 aliphatic heterocycles. The minimum atomic E-state index is 0.0742. The van der Waals surface area contributed by atoms with Crippen molar-refractivity contribution in [2.75, 3.05) is 7.11 Å². The third kappa shape index (κ3) is 3.04. The first-order valence-electron chi connectivity index (χ1n) is 8.83. The number of amides is 1. The summed E-state index contributed by atoms with van der Waals surface area (Å²) in [6, 6.07) is 15.3. The molecule has 4 heteroatoms. The highest BCUT2D eigenvalue weighted by Crippen LogP contribution is 2.44. The fourth-order valence-corrected chi connectivity index (χ4v) is 5.05. The summed E-state index contributed by atoms with van der Waals surface area (Å²) in [5, 5.41) is 3.21. The Bertz CT molecular complexity index is 802. The van der Waals surface area contributed by atoms with Crippen LogP contribution in [0.3, 0.4) is 0 Å². The van der Waals surface area contributed by atoms with Crippen molar-refractivity contribution in [3.05, 3.63) is 53.6 Å². The van der Waals surface area contributed by atoms with Crippen molar-refractivity contribution in [1.29, 1.82) is 0 Å². The summed E-state index contributed by atoms with van der Waals surface area (Å²) in [5.41, 5.74) is 2.93. The molecular formula is C21H23NO2S. The van der Waals surface area contributed by atoms with Gasteiger partial charge in [0.2, 0.25) is 5.91 Å². The largest absolute Gasteiger partial charge is 0.497 e. The number of carbonyl (C=O) groups excluding carboxylic acids is 1. The van der Waals surface area contributed by atoms with E-state index in [9.17, 15) is 4.79 Å². The summed E-state index contributed by atoms with van der Waals surface area (Å²) in [5.74, 6) is 1.09. The predicted octanol–water partition coefficient (Wildman–Crippen LogP) is 4.33. The lowest BCUT2D eigenvalue weighted by molar-refractivity contribution is -0.125. The van der Waals surface area contributed by atoms with Crippen LogP contribution in [0.1, 0.15) is 37.3 Å². The standard InChI is InChI=1S/C21H23NO2S/c1-21-12-11-20(23)22-19(21)10-3-14-13-17(8-9-18(14)21)25-16-6-4-15(24-2)5-7-16/h4-9,13,19H,3,10-12H2,1-2H3,(H,22,23)/t19-,21-/m1/s1. The van der Waals surface area contributed by atoms with Gasteiger partial charge in [0, 0.05) is 27.7 Å². The number of hydrogen-bond donors (Lipinski definition) is 1. The summed E-state index contributed by atoms with van der Waals surface area (Å²) in [6.07, 6.45) is 3.65. The van der Waals surface area contributed by atoms with Crippen LogP contribution < -0.4 is 10.1 Å². The number of piperidine rings is 1. The first-order valence-corrected chi connectivity index (χ1v) is 9.65. The lowest BCUT2D eigenvalue weighted by Gasteiger charge is -2.46. The van der Waals surface area contributed by atoms with Gasteiger partial charge < -0.3 is 10.1 Å². The van der Waals surface area contributed by atoms with Crippen molar-refractivity contribution >= 4 is 17.7 Å². The van der Waals surface area contributed by atoms with Crippen molar-refractivity contribution in [3.8, 4) is 5.75 Å². The van der Waals surface area contributed by atoms with Gasteiger partial charge in [-0.15, -0.1) is 0 Å². The zero-order chi connectivity index (χ0) is 17.4. The number of benzene rings is 2. The average Bonchev–Trinajstić information content (AvgIpc) is 2.63. The Hall–Kier alpha value is -1.94. The van der Waals surface area contributed by atoms with Crippen LogP contribution in [0.5, 0.6) is 5.75 Å². The van der Waals surface area contributed by atoms with Gasteiger partial charge >= 0.3 is 0 Å². The first-order chi connectivity index (χ1) is 12.1. The van der Waals surface area contributed by atoms with Crippen LogP contribution in [0.15, 0.2) is 52.3 Å². The van der Waals surface area contributed by atoms with E-state index in [4.69, 9.17) is 4.74 Å². The molecule has 2 atom stereocenters. The molecule has 3 nitrogen and oxygen atoms in total. The van der Waals surface area contributed by atoms with E-state index < -0.39 is 0 Å². The van der Waals surface area contributed by atoms with E-state index in [1.807, 2.05) is 12.1 Å². The zero-order valence-corrected chi connectivity index (χ0v) is 15.5. The van der Waals surface area contributed by atoms with Gasteiger partial charge in [-0.1, -0.05) is 24.8 Å². The number of carbonyl (C=O) groups is 1. The third-order valence-electron chi connectivity index (χ3n) is 5.67. The highest BCUT2D eigenvalue weighted by atomic mass is 32.2. The molecule has 1 fully saturated rings. The molecule has 0 unspecified atom stereocenters. The molecule has 2 aromatic carbocycles. The second-order valence-corrected chi connectivity index (χ2v) is 8.32. The average molecular weight is 353 g/mol. The molecule has 1 saturated heterocycles. The molecule has 2 aromatic rings. The molecule has 25 heavy (non-hydrogen) atoms. The van der Waals surface area contributed by atoms with Crippen LogP contribution >= 0.6 is 11.8 Å². The molecule has 130 valence electrons. The summed E-state index contributed by atoms with van der Waals surface area (Å²) >= 11 is 1.78. The topological polar surface area (TPSA) is 38.3 Å². The van der Waals surface area contributed by atoms with E-state index in [1.54, 1.807) is 18.9 Å². The van der Waals surface area contributed by atoms with Crippen LogP contribution in [0.2, 0.25) is 0 Å². The van der Waals surface area contributed by atoms with Crippen molar-refractivity contribution < 1.29 is 9.53 Å². The molecular weight excluding hydrogens is 330 g/mol. The molecule has 0 bridgehead atoms.